The Balaban J connectivity index is 1.93. The third-order valence-electron chi connectivity index (χ3n) is 3.37. The summed E-state index contributed by atoms with van der Waals surface area (Å²) < 4.78 is 5.57. The molecule has 3 N–H and O–H groups in total. The molecule has 0 aliphatic carbocycles. The lowest BCUT2D eigenvalue weighted by molar-refractivity contribution is -0.130. The third kappa shape index (κ3) is 3.24. The van der Waals surface area contributed by atoms with Crippen molar-refractivity contribution in [1.82, 2.24) is 5.32 Å². The molecule has 1 aromatic carbocycles. The largest absolute Gasteiger partial charge is 0.508 e. The van der Waals surface area contributed by atoms with Crippen LogP contribution in [0, 0.1) is 13.8 Å². The minimum Gasteiger partial charge on any atom is -0.508 e. The summed E-state index contributed by atoms with van der Waals surface area (Å²) in [5, 5.41) is 15.5. The van der Waals surface area contributed by atoms with Crippen LogP contribution in [0.3, 0.4) is 0 Å². The number of benzene rings is 1. The molecule has 5 nitrogen and oxygen atoms in total. The quantitative estimate of drug-likeness (QED) is 0.717. The van der Waals surface area contributed by atoms with Crippen LogP contribution in [-0.2, 0) is 9.53 Å². The zero-order valence-electron chi connectivity index (χ0n) is 11.5. The number of aryl methyl sites for hydroxylation is 2. The predicted molar refractivity (Wildman–Crippen MR) is 73.4 cm³/mol. The van der Waals surface area contributed by atoms with Crippen molar-refractivity contribution in [3.8, 4) is 5.75 Å². The summed E-state index contributed by atoms with van der Waals surface area (Å²) in [6.07, 6.45) is 0. The van der Waals surface area contributed by atoms with E-state index >= 15 is 0 Å². The van der Waals surface area contributed by atoms with Crippen LogP contribution in [0.5, 0.6) is 5.75 Å². The first-order valence-corrected chi connectivity index (χ1v) is 6.34. The Morgan fingerprint density at radius 2 is 2.11 bits per heavy atom. The van der Waals surface area contributed by atoms with E-state index in [1.807, 2.05) is 13.8 Å². The summed E-state index contributed by atoms with van der Waals surface area (Å²) in [5.41, 5.74) is 2.04. The molecule has 0 radical (unpaired) electrons. The Kier molecular flexibility index (Phi) is 3.78. The number of nitrogens with one attached hydrogen (secondary N) is 2. The molecule has 1 aromatic rings. The van der Waals surface area contributed by atoms with Gasteiger partial charge in [0.05, 0.1) is 5.60 Å². The second-order valence-corrected chi connectivity index (χ2v) is 5.34. The molecule has 1 aliphatic heterocycles. The molecule has 1 saturated heterocycles. The van der Waals surface area contributed by atoms with Gasteiger partial charge in [-0.3, -0.25) is 4.79 Å². The van der Waals surface area contributed by atoms with Gasteiger partial charge in [0, 0.05) is 18.8 Å². The van der Waals surface area contributed by atoms with Crippen molar-refractivity contribution >= 4 is 11.6 Å². The second-order valence-electron chi connectivity index (χ2n) is 5.34. The van der Waals surface area contributed by atoms with Gasteiger partial charge in [0.15, 0.2) is 0 Å². The molecule has 19 heavy (non-hydrogen) atoms. The summed E-state index contributed by atoms with van der Waals surface area (Å²) in [6.45, 7) is 7.20. The van der Waals surface area contributed by atoms with Gasteiger partial charge in [-0.25, -0.2) is 0 Å². The fourth-order valence-electron chi connectivity index (χ4n) is 1.94. The van der Waals surface area contributed by atoms with Crippen LogP contribution < -0.4 is 10.6 Å². The number of phenols is 1. The second kappa shape index (κ2) is 5.19. The Labute approximate surface area is 113 Å². The lowest BCUT2D eigenvalue weighted by Gasteiger charge is -2.38. The van der Waals surface area contributed by atoms with Crippen molar-refractivity contribution in [1.29, 1.82) is 0 Å². The van der Waals surface area contributed by atoms with Gasteiger partial charge in [0.25, 0.3) is 0 Å². The fraction of sp³-hybridized carbons (Fsp3) is 0.500. The van der Waals surface area contributed by atoms with Crippen LogP contribution >= 0.6 is 0 Å². The summed E-state index contributed by atoms with van der Waals surface area (Å²) in [5.74, 6) is 0.0566. The maximum atomic E-state index is 11.8. The Morgan fingerprint density at radius 1 is 1.42 bits per heavy atom. The van der Waals surface area contributed by atoms with Crippen LogP contribution in [0.1, 0.15) is 18.1 Å². The van der Waals surface area contributed by atoms with E-state index in [0.717, 1.165) is 24.2 Å². The molecule has 104 valence electrons. The van der Waals surface area contributed by atoms with E-state index in [4.69, 9.17) is 4.74 Å². The van der Waals surface area contributed by atoms with Crippen LogP contribution in [0.15, 0.2) is 12.1 Å². The van der Waals surface area contributed by atoms with Crippen molar-refractivity contribution in [2.45, 2.75) is 26.4 Å². The van der Waals surface area contributed by atoms with Crippen LogP contribution in [0.2, 0.25) is 0 Å². The van der Waals surface area contributed by atoms with Gasteiger partial charge in [-0.1, -0.05) is 0 Å². The molecule has 1 aliphatic rings. The molecule has 0 aromatic heterocycles. The number of aromatic hydroxyl groups is 1. The summed E-state index contributed by atoms with van der Waals surface area (Å²) in [6, 6.07) is 3.40. The van der Waals surface area contributed by atoms with Crippen LogP contribution in [0.25, 0.3) is 0 Å². The number of phenolic OH excluding ortho intramolecular Hbond substituents is 1. The zero-order valence-corrected chi connectivity index (χ0v) is 11.5. The maximum absolute atomic E-state index is 11.8. The number of hydrogen-bond acceptors (Lipinski definition) is 4. The van der Waals surface area contributed by atoms with E-state index in [-0.39, 0.29) is 23.9 Å². The molecular weight excluding hydrogens is 244 g/mol. The normalized spacial score (nSPS) is 16.8. The molecule has 1 heterocycles. The Bertz CT molecular complexity index is 496. The van der Waals surface area contributed by atoms with Gasteiger partial charge in [-0.2, -0.15) is 0 Å². The van der Waals surface area contributed by atoms with Gasteiger partial charge in [-0.15, -0.1) is 0 Å². The van der Waals surface area contributed by atoms with Gasteiger partial charge >= 0.3 is 0 Å². The SMILES string of the molecule is Cc1cc(NC(=O)COC2(C)CNC2)c(C)cc1O. The first-order valence-electron chi connectivity index (χ1n) is 6.34. The first-order chi connectivity index (χ1) is 8.89. The summed E-state index contributed by atoms with van der Waals surface area (Å²) >= 11 is 0. The van der Waals surface area contributed by atoms with Crippen LogP contribution in [-0.4, -0.2) is 36.3 Å². The highest BCUT2D eigenvalue weighted by Gasteiger charge is 2.33. The highest BCUT2D eigenvalue weighted by Crippen LogP contribution is 2.25. The molecule has 0 bridgehead atoms. The predicted octanol–water partition coefficient (Wildman–Crippen LogP) is 1.33. The van der Waals surface area contributed by atoms with Crippen molar-refractivity contribution in [2.24, 2.45) is 0 Å². The molecule has 0 unspecified atom stereocenters. The minimum atomic E-state index is -0.225. The average molecular weight is 264 g/mol. The molecule has 0 saturated carbocycles. The monoisotopic (exact) mass is 264 g/mol. The highest BCUT2D eigenvalue weighted by molar-refractivity contribution is 5.92. The number of hydrogen-bond donors (Lipinski definition) is 3. The van der Waals surface area contributed by atoms with Gasteiger partial charge in [0.2, 0.25) is 5.91 Å². The number of rotatable bonds is 4. The Morgan fingerprint density at radius 3 is 2.68 bits per heavy atom. The molecular formula is C14H20N2O3. The van der Waals surface area contributed by atoms with E-state index in [1.54, 1.807) is 19.1 Å². The Hall–Kier alpha value is -1.59. The highest BCUT2D eigenvalue weighted by atomic mass is 16.5. The topological polar surface area (TPSA) is 70.6 Å². The smallest absolute Gasteiger partial charge is 0.250 e. The van der Waals surface area contributed by atoms with Gasteiger partial charge in [0.1, 0.15) is 12.4 Å². The minimum absolute atomic E-state index is 0.0392. The number of amides is 1. The van der Waals surface area contributed by atoms with Crippen molar-refractivity contribution in [3.63, 3.8) is 0 Å². The van der Waals surface area contributed by atoms with E-state index in [0.29, 0.717) is 5.69 Å². The zero-order chi connectivity index (χ0) is 14.0. The standard InChI is InChI=1S/C14H20N2O3/c1-9-5-12(17)10(2)4-11(9)16-13(18)6-19-14(3)7-15-8-14/h4-5,15,17H,6-8H2,1-3H3,(H,16,18). The molecule has 1 amide bonds. The fourth-order valence-corrected chi connectivity index (χ4v) is 1.94. The van der Waals surface area contributed by atoms with Crippen molar-refractivity contribution in [2.75, 3.05) is 25.0 Å². The third-order valence-corrected chi connectivity index (χ3v) is 3.37. The van der Waals surface area contributed by atoms with Crippen molar-refractivity contribution in [3.05, 3.63) is 23.3 Å². The molecule has 2 rings (SSSR count). The number of anilines is 1. The van der Waals surface area contributed by atoms with Gasteiger partial charge < -0.3 is 20.5 Å². The molecule has 5 heteroatoms. The first kappa shape index (κ1) is 13.8. The van der Waals surface area contributed by atoms with Gasteiger partial charge in [-0.05, 0) is 44.0 Å². The number of carbonyl (C=O) groups excluding carboxylic acids is 1. The lowest BCUT2D eigenvalue weighted by Crippen LogP contribution is -2.59. The average Bonchev–Trinajstić information content (AvgIpc) is 2.31. The molecule has 0 spiro atoms. The maximum Gasteiger partial charge on any atom is 0.250 e. The number of ether oxygens (including phenoxy) is 1. The summed E-state index contributed by atoms with van der Waals surface area (Å²) in [4.78, 5) is 11.8. The number of carbonyl (C=O) groups is 1. The molecule has 0 atom stereocenters. The van der Waals surface area contributed by atoms with E-state index in [2.05, 4.69) is 10.6 Å². The summed E-state index contributed by atoms with van der Waals surface area (Å²) in [7, 11) is 0. The van der Waals surface area contributed by atoms with Crippen molar-refractivity contribution < 1.29 is 14.6 Å². The van der Waals surface area contributed by atoms with Crippen LogP contribution in [0.4, 0.5) is 5.69 Å². The van der Waals surface area contributed by atoms with E-state index < -0.39 is 0 Å². The molecule has 1 fully saturated rings. The van der Waals surface area contributed by atoms with E-state index in [1.165, 1.54) is 0 Å². The lowest BCUT2D eigenvalue weighted by atomic mass is 10.0. The van der Waals surface area contributed by atoms with E-state index in [9.17, 15) is 9.90 Å².